The van der Waals surface area contributed by atoms with Crippen molar-refractivity contribution in [1.82, 2.24) is 10.3 Å². The van der Waals surface area contributed by atoms with Crippen LogP contribution < -0.4 is 10.1 Å². The Labute approximate surface area is 142 Å². The van der Waals surface area contributed by atoms with Gasteiger partial charge < -0.3 is 10.1 Å². The van der Waals surface area contributed by atoms with E-state index in [1.807, 2.05) is 18.2 Å². The van der Waals surface area contributed by atoms with E-state index in [1.54, 1.807) is 6.20 Å². The minimum absolute atomic E-state index is 0.450. The van der Waals surface area contributed by atoms with Crippen LogP contribution in [0, 0.1) is 0 Å². The number of aromatic nitrogens is 1. The van der Waals surface area contributed by atoms with Gasteiger partial charge in [0.1, 0.15) is 12.4 Å². The summed E-state index contributed by atoms with van der Waals surface area (Å²) in [5.74, 6) is 0.805. The van der Waals surface area contributed by atoms with E-state index >= 15 is 0 Å². The quantitative estimate of drug-likeness (QED) is 0.668. The van der Waals surface area contributed by atoms with E-state index in [2.05, 4.69) is 61.2 Å². The normalized spacial score (nSPS) is 10.6. The van der Waals surface area contributed by atoms with Crippen LogP contribution in [0.5, 0.6) is 5.75 Å². The molecule has 0 spiro atoms. The van der Waals surface area contributed by atoms with E-state index in [1.165, 1.54) is 5.56 Å². The molecule has 0 saturated carbocycles. The molecule has 2 aromatic rings. The zero-order valence-electron chi connectivity index (χ0n) is 11.9. The lowest BCUT2D eigenvalue weighted by Crippen LogP contribution is -2.13. The predicted octanol–water partition coefficient (Wildman–Crippen LogP) is 4.69. The van der Waals surface area contributed by atoms with Gasteiger partial charge in [0.05, 0.1) is 14.6 Å². The number of hydrogen-bond donors (Lipinski definition) is 1. The summed E-state index contributed by atoms with van der Waals surface area (Å²) < 4.78 is 7.75. The first-order valence-electron chi connectivity index (χ1n) is 6.92. The summed E-state index contributed by atoms with van der Waals surface area (Å²) >= 11 is 7.15. The fraction of sp³-hybridized carbons (Fsp3) is 0.312. The molecule has 1 heterocycles. The summed E-state index contributed by atoms with van der Waals surface area (Å²) in [7, 11) is 0. The van der Waals surface area contributed by atoms with Crippen molar-refractivity contribution in [3.8, 4) is 5.75 Å². The molecule has 0 atom stereocenters. The molecule has 0 bridgehead atoms. The zero-order valence-corrected chi connectivity index (χ0v) is 15.1. The van der Waals surface area contributed by atoms with Crippen LogP contribution in [-0.2, 0) is 13.2 Å². The summed E-state index contributed by atoms with van der Waals surface area (Å²) in [6.45, 7) is 4.48. The van der Waals surface area contributed by atoms with Crippen molar-refractivity contribution in [2.24, 2.45) is 0 Å². The van der Waals surface area contributed by atoms with Gasteiger partial charge in [-0.15, -0.1) is 0 Å². The first kappa shape index (κ1) is 16.5. The highest BCUT2D eigenvalue weighted by molar-refractivity contribution is 9.11. The molecule has 0 saturated heterocycles. The molecule has 5 heteroatoms. The number of halogens is 2. The van der Waals surface area contributed by atoms with Crippen LogP contribution in [0.4, 0.5) is 0 Å². The van der Waals surface area contributed by atoms with Gasteiger partial charge >= 0.3 is 0 Å². The smallest absolute Gasteiger partial charge is 0.148 e. The monoisotopic (exact) mass is 412 g/mol. The van der Waals surface area contributed by atoms with E-state index in [9.17, 15) is 0 Å². The maximum atomic E-state index is 5.86. The Morgan fingerprint density at radius 2 is 1.95 bits per heavy atom. The average molecular weight is 414 g/mol. The molecule has 0 fully saturated rings. The van der Waals surface area contributed by atoms with Gasteiger partial charge in [-0.1, -0.05) is 13.0 Å². The number of nitrogens with one attached hydrogen (secondary N) is 1. The summed E-state index contributed by atoms with van der Waals surface area (Å²) in [4.78, 5) is 4.25. The first-order chi connectivity index (χ1) is 10.2. The number of benzene rings is 1. The summed E-state index contributed by atoms with van der Waals surface area (Å²) in [6, 6.07) is 9.97. The second kappa shape index (κ2) is 8.51. The van der Waals surface area contributed by atoms with Gasteiger partial charge in [-0.05, 0) is 74.7 Å². The molecular weight excluding hydrogens is 396 g/mol. The molecular formula is C16H18Br2N2O. The zero-order chi connectivity index (χ0) is 15.1. The molecule has 0 aliphatic carbocycles. The summed E-state index contributed by atoms with van der Waals surface area (Å²) in [5, 5.41) is 3.39. The Morgan fingerprint density at radius 1 is 1.19 bits per heavy atom. The lowest BCUT2D eigenvalue weighted by Gasteiger charge is -2.12. The van der Waals surface area contributed by atoms with Crippen molar-refractivity contribution in [3.63, 3.8) is 0 Å². The fourth-order valence-electron chi connectivity index (χ4n) is 1.89. The second-order valence-corrected chi connectivity index (χ2v) is 6.38. The number of hydrogen-bond acceptors (Lipinski definition) is 3. The van der Waals surface area contributed by atoms with Gasteiger partial charge in [-0.25, -0.2) is 0 Å². The van der Waals surface area contributed by atoms with Crippen LogP contribution in [0.3, 0.4) is 0 Å². The molecule has 1 aromatic heterocycles. The fourth-order valence-corrected chi connectivity index (χ4v) is 3.40. The van der Waals surface area contributed by atoms with Gasteiger partial charge in [-0.2, -0.15) is 0 Å². The third-order valence-electron chi connectivity index (χ3n) is 2.90. The van der Waals surface area contributed by atoms with Crippen molar-refractivity contribution in [2.75, 3.05) is 6.54 Å². The third kappa shape index (κ3) is 5.09. The van der Waals surface area contributed by atoms with E-state index in [0.717, 1.165) is 39.9 Å². The van der Waals surface area contributed by atoms with E-state index in [4.69, 9.17) is 4.74 Å². The molecule has 112 valence electrons. The number of rotatable bonds is 7. The summed E-state index contributed by atoms with van der Waals surface area (Å²) in [6.07, 6.45) is 2.90. The van der Waals surface area contributed by atoms with Crippen LogP contribution in [0.15, 0.2) is 45.5 Å². The second-order valence-electron chi connectivity index (χ2n) is 4.68. The van der Waals surface area contributed by atoms with Crippen LogP contribution >= 0.6 is 31.9 Å². The highest BCUT2D eigenvalue weighted by atomic mass is 79.9. The molecule has 1 aromatic carbocycles. The molecule has 2 rings (SSSR count). The molecule has 21 heavy (non-hydrogen) atoms. The van der Waals surface area contributed by atoms with Crippen LogP contribution in [0.1, 0.15) is 24.6 Å². The topological polar surface area (TPSA) is 34.1 Å². The Morgan fingerprint density at radius 3 is 2.57 bits per heavy atom. The Bertz CT molecular complexity index is 553. The highest BCUT2D eigenvalue weighted by Crippen LogP contribution is 2.35. The lowest BCUT2D eigenvalue weighted by molar-refractivity contribution is 0.297. The highest BCUT2D eigenvalue weighted by Gasteiger charge is 2.09. The summed E-state index contributed by atoms with van der Waals surface area (Å²) in [5.41, 5.74) is 2.12. The Balaban J connectivity index is 2.03. The molecule has 0 radical (unpaired) electrons. The van der Waals surface area contributed by atoms with Crippen molar-refractivity contribution in [1.29, 1.82) is 0 Å². The van der Waals surface area contributed by atoms with Crippen LogP contribution in [0.2, 0.25) is 0 Å². The lowest BCUT2D eigenvalue weighted by atomic mass is 10.2. The molecule has 0 amide bonds. The van der Waals surface area contributed by atoms with Crippen molar-refractivity contribution in [3.05, 3.63) is 56.7 Å². The van der Waals surface area contributed by atoms with Crippen LogP contribution in [-0.4, -0.2) is 11.5 Å². The van der Waals surface area contributed by atoms with Crippen molar-refractivity contribution in [2.45, 2.75) is 26.5 Å². The average Bonchev–Trinajstić information content (AvgIpc) is 2.48. The SMILES string of the molecule is CCCNCc1cc(Br)c(OCc2ccccn2)c(Br)c1. The molecule has 0 aliphatic rings. The van der Waals surface area contributed by atoms with Crippen molar-refractivity contribution < 1.29 is 4.74 Å². The van der Waals surface area contributed by atoms with E-state index < -0.39 is 0 Å². The minimum atomic E-state index is 0.450. The van der Waals surface area contributed by atoms with Gasteiger partial charge in [0, 0.05) is 12.7 Å². The van der Waals surface area contributed by atoms with Gasteiger partial charge in [-0.3, -0.25) is 4.98 Å². The largest absolute Gasteiger partial charge is 0.485 e. The van der Waals surface area contributed by atoms with Crippen molar-refractivity contribution >= 4 is 31.9 Å². The third-order valence-corrected chi connectivity index (χ3v) is 4.08. The first-order valence-corrected chi connectivity index (χ1v) is 8.50. The molecule has 3 nitrogen and oxygen atoms in total. The number of nitrogens with zero attached hydrogens (tertiary/aromatic N) is 1. The molecule has 0 unspecified atom stereocenters. The number of ether oxygens (including phenoxy) is 1. The molecule has 0 aliphatic heterocycles. The maximum absolute atomic E-state index is 5.86. The minimum Gasteiger partial charge on any atom is -0.485 e. The number of pyridine rings is 1. The standard InChI is InChI=1S/C16H18Br2N2O/c1-2-6-19-10-12-8-14(17)16(15(18)9-12)21-11-13-5-3-4-7-20-13/h3-5,7-9,19H,2,6,10-11H2,1H3. The predicted molar refractivity (Wildman–Crippen MR) is 92.4 cm³/mol. The van der Waals surface area contributed by atoms with Crippen LogP contribution in [0.25, 0.3) is 0 Å². The Hall–Kier alpha value is -0.910. The van der Waals surface area contributed by atoms with E-state index in [-0.39, 0.29) is 0 Å². The van der Waals surface area contributed by atoms with Gasteiger partial charge in [0.15, 0.2) is 0 Å². The van der Waals surface area contributed by atoms with E-state index in [0.29, 0.717) is 6.61 Å². The van der Waals surface area contributed by atoms with Gasteiger partial charge in [0.2, 0.25) is 0 Å². The maximum Gasteiger partial charge on any atom is 0.148 e. The van der Waals surface area contributed by atoms with Gasteiger partial charge in [0.25, 0.3) is 0 Å². The molecule has 1 N–H and O–H groups in total. The Kier molecular flexibility index (Phi) is 6.67.